The highest BCUT2D eigenvalue weighted by Gasteiger charge is 2.35. The molecule has 0 aromatic rings. The smallest absolute Gasteiger partial charge is 0.00179 e. The van der Waals surface area contributed by atoms with Crippen molar-refractivity contribution in [1.82, 2.24) is 5.32 Å². The zero-order chi connectivity index (χ0) is 13.5. The lowest BCUT2D eigenvalue weighted by molar-refractivity contribution is 0.0920. The van der Waals surface area contributed by atoms with Gasteiger partial charge in [-0.1, -0.05) is 65.2 Å². The fraction of sp³-hybridized carbons (Fsp3) is 1.00. The van der Waals surface area contributed by atoms with E-state index in [9.17, 15) is 0 Å². The molecule has 1 nitrogen and oxygen atoms in total. The van der Waals surface area contributed by atoms with E-state index in [0.717, 1.165) is 30.2 Å². The van der Waals surface area contributed by atoms with Crippen LogP contribution in [0.2, 0.25) is 0 Å². The van der Waals surface area contributed by atoms with Gasteiger partial charge in [-0.2, -0.15) is 0 Å². The normalized spacial score (nSPS) is 33.5. The summed E-state index contributed by atoms with van der Waals surface area (Å²) >= 11 is 0. The van der Waals surface area contributed by atoms with Crippen LogP contribution < -0.4 is 5.32 Å². The van der Waals surface area contributed by atoms with E-state index in [1.54, 1.807) is 6.42 Å². The Bertz CT molecular complexity index is 232. The first kappa shape index (κ1) is 15.4. The minimum atomic E-state index is 0.983. The van der Waals surface area contributed by atoms with E-state index in [-0.39, 0.29) is 0 Å². The molecule has 2 aliphatic rings. The van der Waals surface area contributed by atoms with Gasteiger partial charge in [-0.3, -0.25) is 0 Å². The summed E-state index contributed by atoms with van der Waals surface area (Å²) in [7, 11) is 0. The first-order valence-corrected chi connectivity index (χ1v) is 9.05. The molecule has 0 bridgehead atoms. The number of hydrogen-bond acceptors (Lipinski definition) is 1. The van der Waals surface area contributed by atoms with E-state index < -0.39 is 0 Å². The Labute approximate surface area is 120 Å². The van der Waals surface area contributed by atoms with Gasteiger partial charge in [-0.25, -0.2) is 0 Å². The van der Waals surface area contributed by atoms with Gasteiger partial charge in [-0.05, 0) is 49.6 Å². The van der Waals surface area contributed by atoms with Gasteiger partial charge in [0.1, 0.15) is 0 Å². The van der Waals surface area contributed by atoms with Crippen molar-refractivity contribution >= 4 is 0 Å². The molecule has 112 valence electrons. The van der Waals surface area contributed by atoms with Crippen molar-refractivity contribution in [3.8, 4) is 0 Å². The zero-order valence-corrected chi connectivity index (χ0v) is 13.3. The lowest BCUT2D eigenvalue weighted by Gasteiger charge is -2.42. The summed E-state index contributed by atoms with van der Waals surface area (Å²) in [6, 6.07) is 0. The molecule has 1 heteroatoms. The molecule has 2 rings (SSSR count). The van der Waals surface area contributed by atoms with Gasteiger partial charge >= 0.3 is 0 Å². The van der Waals surface area contributed by atoms with Crippen LogP contribution in [0.3, 0.4) is 0 Å². The molecule has 0 saturated heterocycles. The second kappa shape index (κ2) is 8.29. The maximum Gasteiger partial charge on any atom is -0.00179 e. The third-order valence-electron chi connectivity index (χ3n) is 5.77. The molecule has 1 N–H and O–H groups in total. The van der Waals surface area contributed by atoms with Crippen LogP contribution in [0.4, 0.5) is 0 Å². The topological polar surface area (TPSA) is 12.0 Å². The molecular formula is C18H35N. The van der Waals surface area contributed by atoms with Gasteiger partial charge in [0.25, 0.3) is 0 Å². The molecule has 0 aliphatic heterocycles. The van der Waals surface area contributed by atoms with Gasteiger partial charge < -0.3 is 5.32 Å². The predicted molar refractivity (Wildman–Crippen MR) is 84.3 cm³/mol. The molecule has 0 aromatic carbocycles. The lowest BCUT2D eigenvalue weighted by atomic mass is 9.64. The van der Waals surface area contributed by atoms with Gasteiger partial charge in [0.2, 0.25) is 0 Å². The van der Waals surface area contributed by atoms with Crippen LogP contribution in [0.25, 0.3) is 0 Å². The summed E-state index contributed by atoms with van der Waals surface area (Å²) in [5.41, 5.74) is 0. The van der Waals surface area contributed by atoms with Crippen molar-refractivity contribution in [3.63, 3.8) is 0 Å². The molecule has 19 heavy (non-hydrogen) atoms. The zero-order valence-electron chi connectivity index (χ0n) is 13.3. The average molecular weight is 265 g/mol. The number of nitrogens with one attached hydrogen (secondary N) is 1. The van der Waals surface area contributed by atoms with Crippen molar-refractivity contribution in [2.75, 3.05) is 13.1 Å². The molecule has 0 aromatic heterocycles. The maximum absolute atomic E-state index is 3.63. The molecule has 0 radical (unpaired) electrons. The molecule has 2 aliphatic carbocycles. The highest BCUT2D eigenvalue weighted by molar-refractivity contribution is 4.86. The summed E-state index contributed by atoms with van der Waals surface area (Å²) < 4.78 is 0. The third kappa shape index (κ3) is 4.48. The van der Waals surface area contributed by atoms with Gasteiger partial charge in [0.15, 0.2) is 0 Å². The van der Waals surface area contributed by atoms with E-state index in [1.165, 1.54) is 64.3 Å². The van der Waals surface area contributed by atoms with Crippen LogP contribution in [-0.4, -0.2) is 13.1 Å². The molecule has 2 fully saturated rings. The van der Waals surface area contributed by atoms with Gasteiger partial charge in [-0.15, -0.1) is 0 Å². The summed E-state index contributed by atoms with van der Waals surface area (Å²) in [6.07, 6.45) is 15.0. The Morgan fingerprint density at radius 3 is 2.42 bits per heavy atom. The van der Waals surface area contributed by atoms with Crippen LogP contribution in [-0.2, 0) is 0 Å². The standard InChI is InChI=1S/C18H35N/c1-3-8-15-11-12-17(14-19-4-2)18(13-15)16-9-6-5-7-10-16/h15-19H,3-14H2,1-2H3. The highest BCUT2D eigenvalue weighted by Crippen LogP contribution is 2.44. The third-order valence-corrected chi connectivity index (χ3v) is 5.77. The number of hydrogen-bond donors (Lipinski definition) is 1. The first-order valence-electron chi connectivity index (χ1n) is 9.05. The molecule has 0 amide bonds. The van der Waals surface area contributed by atoms with Crippen molar-refractivity contribution in [2.24, 2.45) is 23.7 Å². The molecular weight excluding hydrogens is 230 g/mol. The summed E-state index contributed by atoms with van der Waals surface area (Å²) in [5, 5.41) is 3.63. The van der Waals surface area contributed by atoms with Gasteiger partial charge in [0.05, 0.1) is 0 Å². The fourth-order valence-corrected chi connectivity index (χ4v) is 4.75. The molecule has 2 saturated carbocycles. The predicted octanol–water partition coefficient (Wildman–Crippen LogP) is 5.01. The summed E-state index contributed by atoms with van der Waals surface area (Å²) in [4.78, 5) is 0. The van der Waals surface area contributed by atoms with Crippen molar-refractivity contribution < 1.29 is 0 Å². The van der Waals surface area contributed by atoms with Crippen molar-refractivity contribution in [1.29, 1.82) is 0 Å². The highest BCUT2D eigenvalue weighted by atomic mass is 14.8. The SMILES string of the molecule is CCCC1CCC(CNCC)C(C2CCCCC2)C1. The Hall–Kier alpha value is -0.0400. The van der Waals surface area contributed by atoms with Crippen LogP contribution in [0.15, 0.2) is 0 Å². The van der Waals surface area contributed by atoms with Crippen molar-refractivity contribution in [2.45, 2.75) is 78.1 Å². The molecule has 3 unspecified atom stereocenters. The average Bonchev–Trinajstić information content (AvgIpc) is 2.47. The Morgan fingerprint density at radius 2 is 1.74 bits per heavy atom. The lowest BCUT2D eigenvalue weighted by Crippen LogP contribution is -2.37. The van der Waals surface area contributed by atoms with Crippen molar-refractivity contribution in [3.05, 3.63) is 0 Å². The molecule has 0 spiro atoms. The Morgan fingerprint density at radius 1 is 0.947 bits per heavy atom. The van der Waals surface area contributed by atoms with E-state index in [0.29, 0.717) is 0 Å². The molecule has 3 atom stereocenters. The largest absolute Gasteiger partial charge is 0.317 e. The minimum Gasteiger partial charge on any atom is -0.317 e. The Balaban J connectivity index is 1.93. The minimum absolute atomic E-state index is 0.983. The Kier molecular flexibility index (Phi) is 6.70. The van der Waals surface area contributed by atoms with Crippen LogP contribution >= 0.6 is 0 Å². The molecule has 0 heterocycles. The quantitative estimate of drug-likeness (QED) is 0.712. The first-order chi connectivity index (χ1) is 9.35. The monoisotopic (exact) mass is 265 g/mol. The van der Waals surface area contributed by atoms with Crippen LogP contribution in [0, 0.1) is 23.7 Å². The summed E-state index contributed by atoms with van der Waals surface area (Å²) in [5.74, 6) is 4.15. The van der Waals surface area contributed by atoms with E-state index in [1.807, 2.05) is 0 Å². The maximum atomic E-state index is 3.63. The fourth-order valence-electron chi connectivity index (χ4n) is 4.75. The van der Waals surface area contributed by atoms with Gasteiger partial charge in [0, 0.05) is 0 Å². The van der Waals surface area contributed by atoms with E-state index >= 15 is 0 Å². The second-order valence-electron chi connectivity index (χ2n) is 7.10. The summed E-state index contributed by atoms with van der Waals surface area (Å²) in [6.45, 7) is 7.04. The van der Waals surface area contributed by atoms with E-state index in [2.05, 4.69) is 19.2 Å². The van der Waals surface area contributed by atoms with E-state index in [4.69, 9.17) is 0 Å². The number of rotatable bonds is 6. The van der Waals surface area contributed by atoms with Crippen LogP contribution in [0.1, 0.15) is 78.1 Å². The second-order valence-corrected chi connectivity index (χ2v) is 7.10. The van der Waals surface area contributed by atoms with Crippen LogP contribution in [0.5, 0.6) is 0 Å².